The minimum absolute atomic E-state index is 0.0407. The fourth-order valence-electron chi connectivity index (χ4n) is 5.48. The Labute approximate surface area is 141 Å². The van der Waals surface area contributed by atoms with E-state index in [9.17, 15) is 9.59 Å². The van der Waals surface area contributed by atoms with Crippen molar-refractivity contribution in [3.05, 3.63) is 28.2 Å². The molecule has 4 saturated carbocycles. The van der Waals surface area contributed by atoms with E-state index in [1.165, 1.54) is 36.1 Å². The molecule has 4 fully saturated rings. The van der Waals surface area contributed by atoms with E-state index in [0.717, 1.165) is 37.0 Å². The summed E-state index contributed by atoms with van der Waals surface area (Å²) in [6.45, 7) is 0.751. The lowest BCUT2D eigenvalue weighted by Gasteiger charge is -2.56. The number of methoxy groups -OCH3 is 1. The number of nitrogens with zero attached hydrogens (tertiary/aromatic N) is 2. The van der Waals surface area contributed by atoms with Crippen LogP contribution in [0.1, 0.15) is 49.0 Å². The van der Waals surface area contributed by atoms with Crippen LogP contribution in [0.4, 0.5) is 0 Å². The lowest BCUT2D eigenvalue weighted by atomic mass is 9.53. The summed E-state index contributed by atoms with van der Waals surface area (Å²) < 4.78 is 6.30. The summed E-state index contributed by atoms with van der Waals surface area (Å²) in [6, 6.07) is 2.94. The van der Waals surface area contributed by atoms with E-state index in [4.69, 9.17) is 4.74 Å². The minimum Gasteiger partial charge on any atom is -0.383 e. The first-order chi connectivity index (χ1) is 11.6. The molecule has 0 aromatic carbocycles. The van der Waals surface area contributed by atoms with Crippen LogP contribution < -0.4 is 10.9 Å². The van der Waals surface area contributed by atoms with Crippen LogP contribution in [0.3, 0.4) is 0 Å². The molecule has 0 spiro atoms. The third-order valence-corrected chi connectivity index (χ3v) is 6.02. The van der Waals surface area contributed by atoms with Gasteiger partial charge in [0.1, 0.15) is 5.69 Å². The fraction of sp³-hybridized carbons (Fsp3) is 0.722. The second kappa shape index (κ2) is 5.99. The summed E-state index contributed by atoms with van der Waals surface area (Å²) in [5, 5.41) is 7.52. The highest BCUT2D eigenvalue weighted by Gasteiger charge is 2.51. The Bertz CT molecular complexity index is 662. The van der Waals surface area contributed by atoms with Gasteiger partial charge in [-0.25, -0.2) is 4.68 Å². The molecule has 0 atom stereocenters. The Balaban J connectivity index is 1.51. The molecule has 24 heavy (non-hydrogen) atoms. The first-order valence-electron chi connectivity index (χ1n) is 8.96. The predicted molar refractivity (Wildman–Crippen MR) is 88.7 cm³/mol. The van der Waals surface area contributed by atoms with Gasteiger partial charge in [0.15, 0.2) is 0 Å². The molecule has 0 radical (unpaired) electrons. The topological polar surface area (TPSA) is 73.2 Å². The highest BCUT2D eigenvalue weighted by Crippen LogP contribution is 2.55. The maximum atomic E-state index is 12.7. The normalized spacial score (nSPS) is 33.6. The molecule has 6 nitrogen and oxygen atoms in total. The Morgan fingerprint density at radius 2 is 1.88 bits per heavy atom. The van der Waals surface area contributed by atoms with E-state index in [2.05, 4.69) is 10.4 Å². The average molecular weight is 331 g/mol. The number of aromatic nitrogens is 2. The lowest BCUT2D eigenvalue weighted by Crippen LogP contribution is -2.60. The van der Waals surface area contributed by atoms with Gasteiger partial charge in [-0.15, -0.1) is 0 Å². The Hall–Kier alpha value is -1.69. The van der Waals surface area contributed by atoms with Crippen molar-refractivity contribution in [1.29, 1.82) is 0 Å². The third kappa shape index (κ3) is 2.88. The fourth-order valence-corrected chi connectivity index (χ4v) is 5.48. The maximum Gasteiger partial charge on any atom is 0.272 e. The summed E-state index contributed by atoms with van der Waals surface area (Å²) in [4.78, 5) is 24.6. The van der Waals surface area contributed by atoms with Crippen molar-refractivity contribution >= 4 is 5.91 Å². The molecule has 0 aliphatic heterocycles. The summed E-state index contributed by atoms with van der Waals surface area (Å²) >= 11 is 0. The molecular weight excluding hydrogens is 306 g/mol. The van der Waals surface area contributed by atoms with E-state index >= 15 is 0 Å². The number of rotatable bonds is 5. The van der Waals surface area contributed by atoms with E-state index < -0.39 is 0 Å². The van der Waals surface area contributed by atoms with Gasteiger partial charge in [0.05, 0.1) is 13.2 Å². The maximum absolute atomic E-state index is 12.7. The Morgan fingerprint density at radius 1 is 1.25 bits per heavy atom. The summed E-state index contributed by atoms with van der Waals surface area (Å²) in [5.41, 5.74) is 0.0703. The van der Waals surface area contributed by atoms with Crippen molar-refractivity contribution < 1.29 is 9.53 Å². The van der Waals surface area contributed by atoms with Crippen molar-refractivity contribution in [2.24, 2.45) is 17.8 Å². The molecule has 0 saturated heterocycles. The molecule has 1 aromatic heterocycles. The van der Waals surface area contributed by atoms with Crippen LogP contribution in [-0.2, 0) is 11.3 Å². The molecule has 4 bridgehead atoms. The van der Waals surface area contributed by atoms with E-state index in [1.807, 2.05) is 0 Å². The molecule has 5 rings (SSSR count). The number of carbonyl (C=O) groups is 1. The molecular formula is C18H25N3O3. The quantitative estimate of drug-likeness (QED) is 0.889. The van der Waals surface area contributed by atoms with Crippen LogP contribution in [0.15, 0.2) is 16.9 Å². The zero-order valence-corrected chi connectivity index (χ0v) is 14.2. The second-order valence-electron chi connectivity index (χ2n) is 7.92. The molecule has 1 heterocycles. The van der Waals surface area contributed by atoms with Gasteiger partial charge in [-0.3, -0.25) is 9.59 Å². The van der Waals surface area contributed by atoms with Gasteiger partial charge in [-0.05, 0) is 62.3 Å². The number of hydrogen-bond donors (Lipinski definition) is 1. The zero-order chi connectivity index (χ0) is 16.7. The number of nitrogens with one attached hydrogen (secondary N) is 1. The Kier molecular flexibility index (Phi) is 3.95. The molecule has 4 aliphatic carbocycles. The van der Waals surface area contributed by atoms with Gasteiger partial charge in [0.25, 0.3) is 11.5 Å². The summed E-state index contributed by atoms with van der Waals surface area (Å²) in [6.07, 6.45) is 7.34. The minimum atomic E-state index is -0.210. The van der Waals surface area contributed by atoms with E-state index in [0.29, 0.717) is 18.8 Å². The second-order valence-corrected chi connectivity index (χ2v) is 7.92. The van der Waals surface area contributed by atoms with Crippen LogP contribution in [-0.4, -0.2) is 34.9 Å². The molecule has 1 aromatic rings. The lowest BCUT2D eigenvalue weighted by molar-refractivity contribution is -0.0168. The predicted octanol–water partition coefficient (Wildman–Crippen LogP) is 1.59. The largest absolute Gasteiger partial charge is 0.383 e. The summed E-state index contributed by atoms with van der Waals surface area (Å²) in [7, 11) is 1.58. The van der Waals surface area contributed by atoms with E-state index in [1.54, 1.807) is 7.11 Å². The number of hydrogen-bond acceptors (Lipinski definition) is 4. The van der Waals surface area contributed by atoms with Gasteiger partial charge in [-0.1, -0.05) is 0 Å². The smallest absolute Gasteiger partial charge is 0.272 e. The van der Waals surface area contributed by atoms with Gasteiger partial charge in [-0.2, -0.15) is 5.10 Å². The zero-order valence-electron chi connectivity index (χ0n) is 14.2. The SMILES string of the molecule is COCCn1nc(C(=O)NC23CC4CC(CC(C4)C2)C3)ccc1=O. The number of amides is 1. The van der Waals surface area contributed by atoms with Crippen LogP contribution in [0.25, 0.3) is 0 Å². The first kappa shape index (κ1) is 15.8. The van der Waals surface area contributed by atoms with E-state index in [-0.39, 0.29) is 17.0 Å². The molecule has 0 unspecified atom stereocenters. The monoisotopic (exact) mass is 331 g/mol. The highest BCUT2D eigenvalue weighted by molar-refractivity contribution is 5.92. The van der Waals surface area contributed by atoms with Crippen molar-refractivity contribution in [3.63, 3.8) is 0 Å². The number of ether oxygens (including phenoxy) is 1. The molecule has 6 heteroatoms. The standard InChI is InChI=1S/C18H25N3O3/c1-24-5-4-21-16(22)3-2-15(20-21)17(23)19-18-9-12-6-13(10-18)8-14(7-12)11-18/h2-3,12-14H,4-11H2,1H3,(H,19,23). The summed E-state index contributed by atoms with van der Waals surface area (Å²) in [5.74, 6) is 2.18. The molecule has 1 amide bonds. The Morgan fingerprint density at radius 3 is 2.46 bits per heavy atom. The van der Waals surface area contributed by atoms with Crippen LogP contribution in [0.2, 0.25) is 0 Å². The third-order valence-electron chi connectivity index (χ3n) is 6.02. The van der Waals surface area contributed by atoms with Gasteiger partial charge in [0.2, 0.25) is 0 Å². The van der Waals surface area contributed by atoms with Crippen LogP contribution in [0.5, 0.6) is 0 Å². The number of carbonyl (C=O) groups excluding carboxylic acids is 1. The van der Waals surface area contributed by atoms with Gasteiger partial charge >= 0.3 is 0 Å². The van der Waals surface area contributed by atoms with Crippen molar-refractivity contribution in [2.45, 2.75) is 50.6 Å². The highest BCUT2D eigenvalue weighted by atomic mass is 16.5. The van der Waals surface area contributed by atoms with Crippen molar-refractivity contribution in [1.82, 2.24) is 15.1 Å². The van der Waals surface area contributed by atoms with Crippen LogP contribution in [0, 0.1) is 17.8 Å². The first-order valence-corrected chi connectivity index (χ1v) is 8.96. The molecule has 4 aliphatic rings. The van der Waals surface area contributed by atoms with Crippen molar-refractivity contribution in [2.75, 3.05) is 13.7 Å². The molecule has 130 valence electrons. The van der Waals surface area contributed by atoms with Gasteiger partial charge < -0.3 is 10.1 Å². The molecule has 1 N–H and O–H groups in total. The van der Waals surface area contributed by atoms with Crippen LogP contribution >= 0.6 is 0 Å². The van der Waals surface area contributed by atoms with Crippen molar-refractivity contribution in [3.8, 4) is 0 Å². The average Bonchev–Trinajstić information content (AvgIpc) is 2.52. The van der Waals surface area contributed by atoms with Gasteiger partial charge in [0, 0.05) is 18.7 Å².